The van der Waals surface area contributed by atoms with Gasteiger partial charge in [-0.25, -0.2) is 9.97 Å². The zero-order valence-electron chi connectivity index (χ0n) is 16.3. The van der Waals surface area contributed by atoms with Crippen molar-refractivity contribution in [1.82, 2.24) is 9.97 Å². The average molecular weight is 389 g/mol. The zero-order valence-corrected chi connectivity index (χ0v) is 16.3. The molecule has 6 bridgehead atoms. The van der Waals surface area contributed by atoms with Crippen molar-refractivity contribution in [3.63, 3.8) is 0 Å². The van der Waals surface area contributed by atoms with Gasteiger partial charge in [0, 0.05) is 17.4 Å². The number of fused-ring (bicyclic) bond motifs is 7. The van der Waals surface area contributed by atoms with E-state index in [1.54, 1.807) is 13.3 Å². The fourth-order valence-corrected chi connectivity index (χ4v) is 3.06. The molecule has 6 nitrogen and oxygen atoms in total. The van der Waals surface area contributed by atoms with Gasteiger partial charge in [0.15, 0.2) is 11.5 Å². The maximum atomic E-state index is 5.94. The third-order valence-electron chi connectivity index (χ3n) is 4.49. The number of nitrogens with one attached hydrogen (secondary N) is 1. The second-order valence-corrected chi connectivity index (χ2v) is 6.58. The molecule has 29 heavy (non-hydrogen) atoms. The van der Waals surface area contributed by atoms with E-state index in [9.17, 15) is 0 Å². The number of methoxy groups -OCH3 is 1. The lowest BCUT2D eigenvalue weighted by atomic mass is 10.1. The molecule has 3 aromatic rings. The van der Waals surface area contributed by atoms with Crippen LogP contribution in [0.1, 0.15) is 12.0 Å². The lowest BCUT2D eigenvalue weighted by molar-refractivity contribution is 0.148. The number of hydrogen-bond acceptors (Lipinski definition) is 6. The van der Waals surface area contributed by atoms with Gasteiger partial charge in [0.1, 0.15) is 0 Å². The third-order valence-corrected chi connectivity index (χ3v) is 4.49. The Labute approximate surface area is 170 Å². The highest BCUT2D eigenvalue weighted by molar-refractivity contribution is 5.65. The number of benzene rings is 2. The summed E-state index contributed by atoms with van der Waals surface area (Å²) in [6, 6.07) is 15.7. The molecule has 0 amide bonds. The molecule has 0 aliphatic carbocycles. The molecular weight excluding hydrogens is 366 g/mol. The van der Waals surface area contributed by atoms with Gasteiger partial charge in [-0.15, -0.1) is 0 Å². The normalized spacial score (nSPS) is 15.2. The summed E-state index contributed by atoms with van der Waals surface area (Å²) >= 11 is 0. The predicted octanol–water partition coefficient (Wildman–Crippen LogP) is 4.75. The van der Waals surface area contributed by atoms with Crippen LogP contribution in [0.15, 0.2) is 66.9 Å². The van der Waals surface area contributed by atoms with Gasteiger partial charge < -0.3 is 19.5 Å². The minimum Gasteiger partial charge on any atom is -0.493 e. The number of anilines is 2. The Morgan fingerprint density at radius 2 is 2.03 bits per heavy atom. The van der Waals surface area contributed by atoms with Gasteiger partial charge in [0.2, 0.25) is 5.95 Å². The Morgan fingerprint density at radius 1 is 1.07 bits per heavy atom. The SMILES string of the molecule is COc1ccc2cc1OCC/C=C/COCc1cccc(c1)Nc1nccc-2n1. The second-order valence-electron chi connectivity index (χ2n) is 6.58. The van der Waals surface area contributed by atoms with Crippen molar-refractivity contribution in [2.75, 3.05) is 25.6 Å². The van der Waals surface area contributed by atoms with Crippen LogP contribution in [0.4, 0.5) is 11.6 Å². The quantitative estimate of drug-likeness (QED) is 0.606. The van der Waals surface area contributed by atoms with E-state index in [1.165, 1.54) is 0 Å². The van der Waals surface area contributed by atoms with Crippen LogP contribution in [0.2, 0.25) is 0 Å². The van der Waals surface area contributed by atoms with Crippen molar-refractivity contribution >= 4 is 11.6 Å². The number of hydrogen-bond donors (Lipinski definition) is 1. The summed E-state index contributed by atoms with van der Waals surface area (Å²) in [5, 5.41) is 3.27. The highest BCUT2D eigenvalue weighted by atomic mass is 16.5. The van der Waals surface area contributed by atoms with Gasteiger partial charge in [0.25, 0.3) is 0 Å². The number of rotatable bonds is 1. The molecule has 1 aliphatic rings. The average Bonchev–Trinajstić information content (AvgIpc) is 2.75. The second kappa shape index (κ2) is 9.21. The van der Waals surface area contributed by atoms with Crippen LogP contribution >= 0.6 is 0 Å². The first-order chi connectivity index (χ1) is 14.3. The van der Waals surface area contributed by atoms with E-state index in [2.05, 4.69) is 21.4 Å². The molecule has 0 atom stereocenters. The van der Waals surface area contributed by atoms with E-state index in [0.29, 0.717) is 37.3 Å². The molecule has 0 spiro atoms. The molecular formula is C23H23N3O3. The van der Waals surface area contributed by atoms with Crippen molar-refractivity contribution in [3.8, 4) is 22.8 Å². The van der Waals surface area contributed by atoms with Crippen LogP contribution in [-0.2, 0) is 11.3 Å². The summed E-state index contributed by atoms with van der Waals surface area (Å²) in [7, 11) is 1.64. The molecule has 0 radical (unpaired) electrons. The molecule has 4 rings (SSSR count). The van der Waals surface area contributed by atoms with Crippen molar-refractivity contribution < 1.29 is 14.2 Å². The van der Waals surface area contributed by atoms with Gasteiger partial charge in [-0.3, -0.25) is 0 Å². The summed E-state index contributed by atoms with van der Waals surface area (Å²) in [6.45, 7) is 1.65. The summed E-state index contributed by atoms with van der Waals surface area (Å²) in [4.78, 5) is 9.01. The molecule has 148 valence electrons. The van der Waals surface area contributed by atoms with Gasteiger partial charge in [0.05, 0.1) is 32.6 Å². The van der Waals surface area contributed by atoms with Crippen molar-refractivity contribution in [1.29, 1.82) is 0 Å². The van der Waals surface area contributed by atoms with Crippen LogP contribution in [0.5, 0.6) is 11.5 Å². The highest BCUT2D eigenvalue weighted by Gasteiger charge is 2.10. The first kappa shape index (κ1) is 19.0. The van der Waals surface area contributed by atoms with Crippen LogP contribution in [-0.4, -0.2) is 30.3 Å². The topological polar surface area (TPSA) is 65.5 Å². The molecule has 0 fully saturated rings. The first-order valence-electron chi connectivity index (χ1n) is 9.55. The standard InChI is InChI=1S/C23H23N3O3/c1-27-21-9-8-18-15-22(21)29-13-4-2-3-12-28-16-17-6-5-7-19(14-17)25-23-24-11-10-20(18)26-23/h2-3,5-11,14-15H,4,12-13,16H2,1H3,(H,24,25,26)/b3-2+. The number of nitrogens with zero attached hydrogens (tertiary/aromatic N) is 2. The van der Waals surface area contributed by atoms with E-state index in [1.807, 2.05) is 54.6 Å². The number of ether oxygens (including phenoxy) is 3. The minimum atomic E-state index is 0.530. The minimum absolute atomic E-state index is 0.530. The largest absolute Gasteiger partial charge is 0.493 e. The Hall–Kier alpha value is -3.38. The monoisotopic (exact) mass is 389 g/mol. The third kappa shape index (κ3) is 4.92. The Bertz CT molecular complexity index is 1000. The lowest BCUT2D eigenvalue weighted by Crippen LogP contribution is -2.01. The van der Waals surface area contributed by atoms with Crippen molar-refractivity contribution in [2.24, 2.45) is 0 Å². The van der Waals surface area contributed by atoms with Gasteiger partial charge in [-0.2, -0.15) is 0 Å². The molecule has 1 aromatic heterocycles. The van der Waals surface area contributed by atoms with Crippen LogP contribution in [0.25, 0.3) is 11.3 Å². The fourth-order valence-electron chi connectivity index (χ4n) is 3.06. The molecule has 0 unspecified atom stereocenters. The molecule has 0 saturated heterocycles. The maximum Gasteiger partial charge on any atom is 0.227 e. The molecule has 2 aromatic carbocycles. The van der Waals surface area contributed by atoms with Crippen molar-refractivity contribution in [2.45, 2.75) is 13.0 Å². The Balaban J connectivity index is 1.69. The summed E-state index contributed by atoms with van der Waals surface area (Å²) in [5.74, 6) is 1.92. The summed E-state index contributed by atoms with van der Waals surface area (Å²) in [5.41, 5.74) is 3.74. The molecule has 6 heteroatoms. The van der Waals surface area contributed by atoms with E-state index >= 15 is 0 Å². The van der Waals surface area contributed by atoms with Gasteiger partial charge in [-0.1, -0.05) is 24.3 Å². The summed E-state index contributed by atoms with van der Waals surface area (Å²) < 4.78 is 17.1. The fraction of sp³-hybridized carbons (Fsp3) is 0.217. The van der Waals surface area contributed by atoms with E-state index in [0.717, 1.165) is 28.9 Å². The number of aromatic nitrogens is 2. The molecule has 1 aliphatic heterocycles. The Morgan fingerprint density at radius 3 is 2.97 bits per heavy atom. The van der Waals surface area contributed by atoms with Crippen LogP contribution < -0.4 is 14.8 Å². The van der Waals surface area contributed by atoms with Crippen LogP contribution in [0, 0.1) is 0 Å². The molecule has 0 saturated carbocycles. The lowest BCUT2D eigenvalue weighted by Gasteiger charge is -2.13. The molecule has 2 heterocycles. The molecule has 1 N–H and O–H groups in total. The predicted molar refractivity (Wildman–Crippen MR) is 113 cm³/mol. The van der Waals surface area contributed by atoms with Gasteiger partial charge in [-0.05, 0) is 48.4 Å². The smallest absolute Gasteiger partial charge is 0.227 e. The van der Waals surface area contributed by atoms with E-state index < -0.39 is 0 Å². The van der Waals surface area contributed by atoms with Crippen molar-refractivity contribution in [3.05, 3.63) is 72.4 Å². The summed E-state index contributed by atoms with van der Waals surface area (Å²) in [6.07, 6.45) is 6.61. The van der Waals surface area contributed by atoms with E-state index in [4.69, 9.17) is 14.2 Å². The Kier molecular flexibility index (Phi) is 6.02. The van der Waals surface area contributed by atoms with Gasteiger partial charge >= 0.3 is 0 Å². The zero-order chi connectivity index (χ0) is 19.9. The van der Waals surface area contributed by atoms with Crippen LogP contribution in [0.3, 0.4) is 0 Å². The van der Waals surface area contributed by atoms with E-state index in [-0.39, 0.29) is 0 Å². The first-order valence-corrected chi connectivity index (χ1v) is 9.55. The maximum absolute atomic E-state index is 5.94. The highest BCUT2D eigenvalue weighted by Crippen LogP contribution is 2.32.